The lowest BCUT2D eigenvalue weighted by Crippen LogP contribution is -2.54. The third-order valence-corrected chi connectivity index (χ3v) is 5.85. The summed E-state index contributed by atoms with van der Waals surface area (Å²) in [5.74, 6) is 2.28. The molecule has 4 rings (SSSR count). The summed E-state index contributed by atoms with van der Waals surface area (Å²) < 4.78 is 10.9. The molecule has 0 aliphatic carbocycles. The molecule has 8 heteroatoms. The number of amides is 1. The van der Waals surface area contributed by atoms with Gasteiger partial charge in [0.1, 0.15) is 6.61 Å². The van der Waals surface area contributed by atoms with Gasteiger partial charge in [0, 0.05) is 22.2 Å². The molecule has 0 saturated carbocycles. The molecule has 0 radical (unpaired) electrons. The van der Waals surface area contributed by atoms with Crippen molar-refractivity contribution in [1.29, 1.82) is 0 Å². The summed E-state index contributed by atoms with van der Waals surface area (Å²) in [5, 5.41) is 18.4. The highest BCUT2D eigenvalue weighted by Crippen LogP contribution is 2.50. The molecule has 154 valence electrons. The summed E-state index contributed by atoms with van der Waals surface area (Å²) in [6.45, 7) is 1.92. The fraction of sp³-hybridized carbons (Fsp3) is 0.318. The van der Waals surface area contributed by atoms with Gasteiger partial charge < -0.3 is 14.8 Å². The van der Waals surface area contributed by atoms with Gasteiger partial charge in [0.05, 0.1) is 13.0 Å². The number of methoxy groups -OCH3 is 1. The van der Waals surface area contributed by atoms with Gasteiger partial charge >= 0.3 is 0 Å². The fourth-order valence-electron chi connectivity index (χ4n) is 4.68. The molecule has 2 N–H and O–H groups in total. The van der Waals surface area contributed by atoms with E-state index in [1.807, 2.05) is 6.92 Å². The van der Waals surface area contributed by atoms with Gasteiger partial charge in [-0.05, 0) is 30.7 Å². The van der Waals surface area contributed by atoms with E-state index in [-0.39, 0.29) is 17.6 Å². The molecule has 1 spiro atoms. The average molecular weight is 407 g/mol. The van der Waals surface area contributed by atoms with Crippen molar-refractivity contribution in [2.75, 3.05) is 19.0 Å². The number of para-hydroxylation sites is 1. The van der Waals surface area contributed by atoms with Crippen LogP contribution < -0.4 is 20.1 Å². The molecule has 2 heterocycles. The molecular weight excluding hydrogens is 386 g/mol. The number of anilines is 1. The topological polar surface area (TPSA) is 103 Å². The normalized spacial score (nSPS) is 26.7. The van der Waals surface area contributed by atoms with Crippen LogP contribution in [0.5, 0.6) is 11.5 Å². The predicted octanol–water partition coefficient (Wildman–Crippen LogP) is 2.28. The smallest absolute Gasteiger partial charge is 0.256 e. The molecule has 1 fully saturated rings. The number of hydrogen-bond donors (Lipinski definition) is 2. The maximum atomic E-state index is 13.0. The van der Waals surface area contributed by atoms with Crippen LogP contribution in [0.25, 0.3) is 0 Å². The van der Waals surface area contributed by atoms with Crippen molar-refractivity contribution in [1.82, 2.24) is 5.32 Å². The van der Waals surface area contributed by atoms with Gasteiger partial charge in [0.25, 0.3) is 11.9 Å². The molecule has 2 aromatic carbocycles. The van der Waals surface area contributed by atoms with Crippen LogP contribution in [0.15, 0.2) is 42.5 Å². The molecule has 4 atom stereocenters. The van der Waals surface area contributed by atoms with E-state index >= 15 is 0 Å². The van der Waals surface area contributed by atoms with Crippen molar-refractivity contribution >= 4 is 11.6 Å². The zero-order chi connectivity index (χ0) is 21.5. The van der Waals surface area contributed by atoms with Crippen molar-refractivity contribution in [2.24, 2.45) is 0 Å². The summed E-state index contributed by atoms with van der Waals surface area (Å²) in [6.07, 6.45) is 5.25. The molecule has 1 amide bonds. The van der Waals surface area contributed by atoms with E-state index in [1.165, 1.54) is 7.11 Å². The van der Waals surface area contributed by atoms with Gasteiger partial charge in [-0.1, -0.05) is 30.2 Å². The Balaban J connectivity index is 1.81. The predicted molar refractivity (Wildman–Crippen MR) is 110 cm³/mol. The number of ether oxygens (including phenoxy) is 2. The molecule has 30 heavy (non-hydrogen) atoms. The van der Waals surface area contributed by atoms with E-state index in [0.29, 0.717) is 28.3 Å². The molecule has 2 aliphatic heterocycles. The van der Waals surface area contributed by atoms with Crippen LogP contribution in [0.1, 0.15) is 24.0 Å². The molecule has 0 aromatic heterocycles. The maximum absolute atomic E-state index is 13.0. The first-order valence-electron chi connectivity index (χ1n) is 9.50. The first-order valence-corrected chi connectivity index (χ1v) is 9.50. The van der Waals surface area contributed by atoms with Crippen LogP contribution in [0.3, 0.4) is 0 Å². The van der Waals surface area contributed by atoms with Crippen LogP contribution in [0, 0.1) is 22.5 Å². The third kappa shape index (κ3) is 2.78. The zero-order valence-corrected chi connectivity index (χ0v) is 16.5. The minimum Gasteiger partial charge on any atom is -0.493 e. The van der Waals surface area contributed by atoms with Gasteiger partial charge in [0.15, 0.2) is 17.0 Å². The van der Waals surface area contributed by atoms with E-state index in [9.17, 15) is 14.9 Å². The molecule has 8 nitrogen and oxygen atoms in total. The Hall–Kier alpha value is -3.57. The van der Waals surface area contributed by atoms with Gasteiger partial charge in [-0.3, -0.25) is 20.2 Å². The van der Waals surface area contributed by atoms with Gasteiger partial charge in [-0.15, -0.1) is 6.42 Å². The highest BCUT2D eigenvalue weighted by molar-refractivity contribution is 6.07. The molecule has 0 unspecified atom stereocenters. The van der Waals surface area contributed by atoms with Gasteiger partial charge in [0.2, 0.25) is 0 Å². The quantitative estimate of drug-likeness (QED) is 0.448. The van der Waals surface area contributed by atoms with Crippen LogP contribution in [-0.2, 0) is 10.3 Å². The number of carbonyl (C=O) groups excluding carboxylic acids is 1. The monoisotopic (exact) mass is 407 g/mol. The first kappa shape index (κ1) is 19.7. The van der Waals surface area contributed by atoms with Crippen LogP contribution in [-0.4, -0.2) is 36.6 Å². The van der Waals surface area contributed by atoms with Crippen molar-refractivity contribution in [2.45, 2.75) is 30.5 Å². The van der Waals surface area contributed by atoms with Crippen molar-refractivity contribution < 1.29 is 19.2 Å². The van der Waals surface area contributed by atoms with Gasteiger partial charge in [-0.2, -0.15) is 0 Å². The number of hydrogen-bond acceptors (Lipinski definition) is 6. The standard InChI is InChI=1S/C22H21N3O5/c1-4-11-30-17-10-9-14(12-18(17)29-3)19-13(2)24-22(20(19)25(27)28)15-7-5-6-8-16(15)23-21(22)26/h1,5-10,12-13,19-20,24H,11H2,2-3H3,(H,23,26)/t13-,19-,20-,22-/m0/s1. The van der Waals surface area contributed by atoms with Crippen LogP contribution in [0.4, 0.5) is 5.69 Å². The third-order valence-electron chi connectivity index (χ3n) is 5.85. The maximum Gasteiger partial charge on any atom is 0.256 e. The first-order chi connectivity index (χ1) is 14.4. The molecular formula is C22H21N3O5. The van der Waals surface area contributed by atoms with Crippen molar-refractivity contribution in [3.63, 3.8) is 0 Å². The number of terminal acetylenes is 1. The second-order valence-corrected chi connectivity index (χ2v) is 7.40. The minimum atomic E-state index is -1.45. The highest BCUT2D eigenvalue weighted by atomic mass is 16.6. The number of benzene rings is 2. The molecule has 2 aliphatic rings. The van der Waals surface area contributed by atoms with E-state index in [1.54, 1.807) is 42.5 Å². The molecule has 0 bridgehead atoms. The molecule has 2 aromatic rings. The zero-order valence-electron chi connectivity index (χ0n) is 16.5. The summed E-state index contributed by atoms with van der Waals surface area (Å²) in [5.41, 5.74) is 0.406. The Morgan fingerprint density at radius 3 is 2.73 bits per heavy atom. The summed E-state index contributed by atoms with van der Waals surface area (Å²) >= 11 is 0. The van der Waals surface area contributed by atoms with Crippen molar-refractivity contribution in [3.05, 3.63) is 63.7 Å². The van der Waals surface area contributed by atoms with E-state index in [4.69, 9.17) is 15.9 Å². The Labute approximate surface area is 173 Å². The average Bonchev–Trinajstić information content (AvgIpc) is 3.20. The lowest BCUT2D eigenvalue weighted by molar-refractivity contribution is -0.532. The number of nitrogens with one attached hydrogen (secondary N) is 2. The Morgan fingerprint density at radius 1 is 1.27 bits per heavy atom. The second-order valence-electron chi connectivity index (χ2n) is 7.40. The number of carbonyl (C=O) groups is 1. The summed E-state index contributed by atoms with van der Waals surface area (Å²) in [6, 6.07) is 10.7. The Kier molecular flexibility index (Phi) is 4.84. The molecule has 1 saturated heterocycles. The second kappa shape index (κ2) is 7.35. The van der Waals surface area contributed by atoms with E-state index in [0.717, 1.165) is 0 Å². The highest BCUT2D eigenvalue weighted by Gasteiger charge is 2.67. The lowest BCUT2D eigenvalue weighted by Gasteiger charge is -2.25. The number of nitro groups is 1. The Bertz CT molecular complexity index is 1060. The Morgan fingerprint density at radius 2 is 2.03 bits per heavy atom. The fourth-order valence-corrected chi connectivity index (χ4v) is 4.68. The van der Waals surface area contributed by atoms with Crippen LogP contribution in [0.2, 0.25) is 0 Å². The van der Waals surface area contributed by atoms with Crippen molar-refractivity contribution in [3.8, 4) is 23.8 Å². The van der Waals surface area contributed by atoms with Crippen LogP contribution >= 0.6 is 0 Å². The number of nitrogens with zero attached hydrogens (tertiary/aromatic N) is 1. The SMILES string of the molecule is C#CCOc1ccc([C@@H]2[C@H](C)N[C@]3(C(=O)Nc4ccccc43)[C@H]2[N+](=O)[O-])cc1OC. The number of fused-ring (bicyclic) bond motifs is 2. The lowest BCUT2D eigenvalue weighted by atomic mass is 9.78. The summed E-state index contributed by atoms with van der Waals surface area (Å²) in [4.78, 5) is 25.0. The van der Waals surface area contributed by atoms with E-state index in [2.05, 4.69) is 16.6 Å². The van der Waals surface area contributed by atoms with Gasteiger partial charge in [-0.25, -0.2) is 0 Å². The summed E-state index contributed by atoms with van der Waals surface area (Å²) in [7, 11) is 1.49. The largest absolute Gasteiger partial charge is 0.493 e. The van der Waals surface area contributed by atoms with E-state index < -0.39 is 23.4 Å². The minimum absolute atomic E-state index is 0.0781. The number of rotatable bonds is 5.